The molecule has 2 nitrogen and oxygen atoms in total. The number of aliphatic hydroxyl groups is 1. The van der Waals surface area contributed by atoms with Gasteiger partial charge >= 0.3 is 0 Å². The lowest BCUT2D eigenvalue weighted by Crippen LogP contribution is -2.45. The van der Waals surface area contributed by atoms with Crippen molar-refractivity contribution in [2.45, 2.75) is 24.9 Å². The van der Waals surface area contributed by atoms with Gasteiger partial charge in [0.25, 0.3) is 0 Å². The highest BCUT2D eigenvalue weighted by atomic mass is 79.9. The monoisotopic (exact) mass is 345 g/mol. The number of halogens is 1. The number of para-hydroxylation sites is 1. The topological polar surface area (TPSA) is 23.5 Å². The van der Waals surface area contributed by atoms with Gasteiger partial charge in [0, 0.05) is 29.7 Å². The Morgan fingerprint density at radius 3 is 2.38 bits per heavy atom. The first-order valence-corrected chi connectivity index (χ1v) is 8.21. The summed E-state index contributed by atoms with van der Waals surface area (Å²) in [5.41, 5.74) is 1.87. The number of nitrogens with zero attached hydrogens (tertiary/aromatic N) is 1. The van der Waals surface area contributed by atoms with Gasteiger partial charge in [-0.3, -0.25) is 0 Å². The molecule has 0 spiro atoms. The molecule has 0 aromatic heterocycles. The van der Waals surface area contributed by atoms with Crippen molar-refractivity contribution in [2.24, 2.45) is 0 Å². The molecule has 0 radical (unpaired) electrons. The smallest absolute Gasteiger partial charge is 0.0721 e. The number of rotatable bonds is 3. The molecule has 1 saturated heterocycles. The SMILES string of the molecule is OC1(Cc2cccc(Br)c2)CCN(c2ccccc2)CC1. The average molecular weight is 346 g/mol. The number of benzene rings is 2. The minimum Gasteiger partial charge on any atom is -0.389 e. The summed E-state index contributed by atoms with van der Waals surface area (Å²) in [5.74, 6) is 0. The third-order valence-electron chi connectivity index (χ3n) is 4.24. The molecule has 21 heavy (non-hydrogen) atoms. The maximum Gasteiger partial charge on any atom is 0.0721 e. The first kappa shape index (κ1) is 14.6. The van der Waals surface area contributed by atoms with Gasteiger partial charge < -0.3 is 10.0 Å². The third kappa shape index (κ3) is 3.66. The molecular weight excluding hydrogens is 326 g/mol. The van der Waals surface area contributed by atoms with Crippen molar-refractivity contribution in [1.82, 2.24) is 0 Å². The van der Waals surface area contributed by atoms with Crippen LogP contribution in [0.4, 0.5) is 5.69 Å². The second-order valence-corrected chi connectivity index (χ2v) is 6.77. The molecule has 110 valence electrons. The van der Waals surface area contributed by atoms with Crippen molar-refractivity contribution in [3.05, 3.63) is 64.6 Å². The molecule has 1 fully saturated rings. The van der Waals surface area contributed by atoms with E-state index in [1.807, 2.05) is 18.2 Å². The van der Waals surface area contributed by atoms with E-state index >= 15 is 0 Å². The molecule has 0 atom stereocenters. The molecule has 1 N–H and O–H groups in total. The molecule has 0 amide bonds. The molecule has 2 aromatic carbocycles. The van der Waals surface area contributed by atoms with Gasteiger partial charge in [0.2, 0.25) is 0 Å². The molecular formula is C18H20BrNO. The first-order valence-electron chi connectivity index (χ1n) is 7.41. The Hall–Kier alpha value is -1.32. The summed E-state index contributed by atoms with van der Waals surface area (Å²) in [7, 11) is 0. The predicted molar refractivity (Wildman–Crippen MR) is 90.7 cm³/mol. The Bertz CT molecular complexity index is 591. The van der Waals surface area contributed by atoms with E-state index in [2.05, 4.69) is 57.2 Å². The van der Waals surface area contributed by atoms with Crippen LogP contribution in [0.5, 0.6) is 0 Å². The molecule has 0 bridgehead atoms. The molecule has 1 aliphatic heterocycles. The molecule has 0 unspecified atom stereocenters. The third-order valence-corrected chi connectivity index (χ3v) is 4.73. The highest BCUT2D eigenvalue weighted by Gasteiger charge is 2.32. The maximum atomic E-state index is 10.8. The first-order chi connectivity index (χ1) is 10.1. The average Bonchev–Trinajstić information content (AvgIpc) is 2.48. The maximum absolute atomic E-state index is 10.8. The standard InChI is InChI=1S/C18H20BrNO/c19-16-6-4-5-15(13-16)14-18(21)9-11-20(12-10-18)17-7-2-1-3-8-17/h1-8,13,21H,9-12,14H2. The van der Waals surface area contributed by atoms with Crippen molar-refractivity contribution in [3.63, 3.8) is 0 Å². The quantitative estimate of drug-likeness (QED) is 0.907. The molecule has 0 saturated carbocycles. The highest BCUT2D eigenvalue weighted by Crippen LogP contribution is 2.29. The summed E-state index contributed by atoms with van der Waals surface area (Å²) in [5, 5.41) is 10.8. The van der Waals surface area contributed by atoms with E-state index in [1.54, 1.807) is 0 Å². The van der Waals surface area contributed by atoms with Crippen LogP contribution < -0.4 is 4.90 Å². The van der Waals surface area contributed by atoms with E-state index in [4.69, 9.17) is 0 Å². The Balaban J connectivity index is 1.64. The molecule has 1 heterocycles. The summed E-state index contributed by atoms with van der Waals surface area (Å²) in [6.45, 7) is 1.82. The Morgan fingerprint density at radius 1 is 1.00 bits per heavy atom. The van der Waals surface area contributed by atoms with Crippen LogP contribution in [0.15, 0.2) is 59.1 Å². The van der Waals surface area contributed by atoms with Crippen LogP contribution in [-0.2, 0) is 6.42 Å². The lowest BCUT2D eigenvalue weighted by molar-refractivity contribution is 0.0165. The van der Waals surface area contributed by atoms with Crippen LogP contribution in [0.1, 0.15) is 18.4 Å². The molecule has 2 aromatic rings. The normalized spacial score (nSPS) is 17.7. The van der Waals surface area contributed by atoms with Gasteiger partial charge in [-0.05, 0) is 42.7 Å². The van der Waals surface area contributed by atoms with E-state index < -0.39 is 5.60 Å². The van der Waals surface area contributed by atoms with Crippen molar-refractivity contribution in [1.29, 1.82) is 0 Å². The van der Waals surface area contributed by atoms with E-state index in [0.29, 0.717) is 0 Å². The summed E-state index contributed by atoms with van der Waals surface area (Å²) in [6, 6.07) is 18.7. The fourth-order valence-electron chi connectivity index (χ4n) is 3.02. The second kappa shape index (κ2) is 6.20. The van der Waals surface area contributed by atoms with Crippen molar-refractivity contribution in [3.8, 4) is 0 Å². The fraction of sp³-hybridized carbons (Fsp3) is 0.333. The van der Waals surface area contributed by atoms with E-state index in [0.717, 1.165) is 36.8 Å². The zero-order valence-electron chi connectivity index (χ0n) is 12.0. The van der Waals surface area contributed by atoms with Crippen molar-refractivity contribution >= 4 is 21.6 Å². The minimum atomic E-state index is -0.577. The Labute approximate surface area is 134 Å². The van der Waals surface area contributed by atoms with Crippen molar-refractivity contribution in [2.75, 3.05) is 18.0 Å². The Morgan fingerprint density at radius 2 is 1.71 bits per heavy atom. The largest absolute Gasteiger partial charge is 0.389 e. The fourth-order valence-corrected chi connectivity index (χ4v) is 3.47. The van der Waals surface area contributed by atoms with Crippen molar-refractivity contribution < 1.29 is 5.11 Å². The van der Waals surface area contributed by atoms with Crippen LogP contribution in [-0.4, -0.2) is 23.8 Å². The van der Waals surface area contributed by atoms with Gasteiger partial charge in [0.05, 0.1) is 5.60 Å². The highest BCUT2D eigenvalue weighted by molar-refractivity contribution is 9.10. The van der Waals surface area contributed by atoms with Crippen LogP contribution in [0.2, 0.25) is 0 Å². The number of piperidine rings is 1. The lowest BCUT2D eigenvalue weighted by atomic mass is 9.85. The van der Waals surface area contributed by atoms with Gasteiger partial charge in [0.1, 0.15) is 0 Å². The van der Waals surface area contributed by atoms with Crippen LogP contribution in [0, 0.1) is 0 Å². The predicted octanol–water partition coefficient (Wildman–Crippen LogP) is 4.02. The molecule has 1 aliphatic rings. The second-order valence-electron chi connectivity index (χ2n) is 5.85. The van der Waals surface area contributed by atoms with E-state index in [1.165, 1.54) is 11.3 Å². The summed E-state index contributed by atoms with van der Waals surface area (Å²) in [4.78, 5) is 2.36. The summed E-state index contributed by atoms with van der Waals surface area (Å²) >= 11 is 3.49. The lowest BCUT2D eigenvalue weighted by Gasteiger charge is -2.39. The van der Waals surface area contributed by atoms with Gasteiger partial charge in [0.15, 0.2) is 0 Å². The van der Waals surface area contributed by atoms with Gasteiger partial charge in [-0.2, -0.15) is 0 Å². The van der Waals surface area contributed by atoms with Gasteiger partial charge in [-0.25, -0.2) is 0 Å². The van der Waals surface area contributed by atoms with E-state index in [-0.39, 0.29) is 0 Å². The number of hydrogen-bond acceptors (Lipinski definition) is 2. The van der Waals surface area contributed by atoms with Gasteiger partial charge in [-0.15, -0.1) is 0 Å². The van der Waals surface area contributed by atoms with Crippen LogP contribution in [0.3, 0.4) is 0 Å². The number of hydrogen-bond donors (Lipinski definition) is 1. The van der Waals surface area contributed by atoms with Crippen LogP contribution >= 0.6 is 15.9 Å². The summed E-state index contributed by atoms with van der Waals surface area (Å²) in [6.07, 6.45) is 2.36. The molecule has 0 aliphatic carbocycles. The summed E-state index contributed by atoms with van der Waals surface area (Å²) < 4.78 is 1.07. The van der Waals surface area contributed by atoms with Crippen LogP contribution in [0.25, 0.3) is 0 Å². The minimum absolute atomic E-state index is 0.577. The van der Waals surface area contributed by atoms with E-state index in [9.17, 15) is 5.11 Å². The molecule has 3 heteroatoms. The zero-order valence-corrected chi connectivity index (χ0v) is 13.6. The van der Waals surface area contributed by atoms with Gasteiger partial charge in [-0.1, -0.05) is 46.3 Å². The zero-order chi connectivity index (χ0) is 14.7. The Kier molecular flexibility index (Phi) is 4.32. The molecule has 3 rings (SSSR count). The number of anilines is 1.